The van der Waals surface area contributed by atoms with Crippen LogP contribution in [0.3, 0.4) is 0 Å². The second-order valence-corrected chi connectivity index (χ2v) is 6.40. The molecule has 1 aromatic carbocycles. The zero-order valence-corrected chi connectivity index (χ0v) is 13.6. The van der Waals surface area contributed by atoms with Gasteiger partial charge in [-0.2, -0.15) is 15.0 Å². The molecular formula is C18H19N5O2. The largest absolute Gasteiger partial charge is 0.393 e. The average molecular weight is 337 g/mol. The number of amides is 1. The van der Waals surface area contributed by atoms with Crippen molar-refractivity contribution in [2.24, 2.45) is 5.92 Å². The molecule has 1 unspecified atom stereocenters. The molecule has 7 nitrogen and oxygen atoms in total. The molecule has 1 saturated carbocycles. The molecule has 3 aromatic rings. The van der Waals surface area contributed by atoms with Gasteiger partial charge in [0, 0.05) is 6.20 Å². The van der Waals surface area contributed by atoms with Gasteiger partial charge in [0.2, 0.25) is 5.91 Å². The molecule has 4 rings (SSSR count). The molecule has 2 N–H and O–H groups in total. The third kappa shape index (κ3) is 3.36. The maximum Gasteiger partial charge on any atom is 0.244 e. The first kappa shape index (κ1) is 15.7. The van der Waals surface area contributed by atoms with Crippen LogP contribution in [0.25, 0.3) is 11.0 Å². The lowest BCUT2D eigenvalue weighted by Crippen LogP contribution is -2.42. The summed E-state index contributed by atoms with van der Waals surface area (Å²) >= 11 is 0. The number of carbonyl (C=O) groups is 1. The Hall–Kier alpha value is -2.80. The summed E-state index contributed by atoms with van der Waals surface area (Å²) < 4.78 is 0. The van der Waals surface area contributed by atoms with Crippen molar-refractivity contribution in [3.8, 4) is 0 Å². The van der Waals surface area contributed by atoms with Crippen molar-refractivity contribution in [1.82, 2.24) is 25.3 Å². The fourth-order valence-electron chi connectivity index (χ4n) is 3.22. The SMILES string of the molecule is O=C(Cn1nc2ccccc2n1)NC(c1ccccn1)C1CC(O)C1. The third-order valence-electron chi connectivity index (χ3n) is 4.56. The maximum atomic E-state index is 12.5. The van der Waals surface area contributed by atoms with Gasteiger partial charge in [-0.15, -0.1) is 0 Å². The molecule has 25 heavy (non-hydrogen) atoms. The summed E-state index contributed by atoms with van der Waals surface area (Å²) in [5.74, 6) is 0.0239. The number of fused-ring (bicyclic) bond motifs is 1. The summed E-state index contributed by atoms with van der Waals surface area (Å²) in [4.78, 5) is 18.3. The molecule has 1 aliphatic rings. The number of aliphatic hydroxyl groups excluding tert-OH is 1. The summed E-state index contributed by atoms with van der Waals surface area (Å²) in [5.41, 5.74) is 2.34. The van der Waals surface area contributed by atoms with E-state index < -0.39 is 0 Å². The normalized spacial score (nSPS) is 20.8. The monoisotopic (exact) mass is 337 g/mol. The highest BCUT2D eigenvalue weighted by molar-refractivity contribution is 5.77. The Labute approximate surface area is 144 Å². The van der Waals surface area contributed by atoms with Crippen molar-refractivity contribution in [1.29, 1.82) is 0 Å². The van der Waals surface area contributed by atoms with E-state index in [9.17, 15) is 9.90 Å². The summed E-state index contributed by atoms with van der Waals surface area (Å²) in [5, 5.41) is 21.3. The molecule has 0 saturated heterocycles. The number of aliphatic hydroxyl groups is 1. The van der Waals surface area contributed by atoms with Crippen molar-refractivity contribution in [3.63, 3.8) is 0 Å². The van der Waals surface area contributed by atoms with Gasteiger partial charge in [0.05, 0.1) is 17.8 Å². The highest BCUT2D eigenvalue weighted by atomic mass is 16.3. The molecule has 2 aromatic heterocycles. The second kappa shape index (κ2) is 6.60. The van der Waals surface area contributed by atoms with Crippen LogP contribution in [-0.4, -0.2) is 37.1 Å². The number of aromatic nitrogens is 4. The lowest BCUT2D eigenvalue weighted by Gasteiger charge is -2.37. The van der Waals surface area contributed by atoms with Crippen LogP contribution < -0.4 is 5.32 Å². The van der Waals surface area contributed by atoms with Gasteiger partial charge in [-0.3, -0.25) is 9.78 Å². The molecule has 7 heteroatoms. The number of benzene rings is 1. The Bertz CT molecular complexity index is 840. The van der Waals surface area contributed by atoms with E-state index in [1.807, 2.05) is 42.5 Å². The molecule has 0 radical (unpaired) electrons. The van der Waals surface area contributed by atoms with Gasteiger partial charge in [0.25, 0.3) is 0 Å². The summed E-state index contributed by atoms with van der Waals surface area (Å²) in [7, 11) is 0. The van der Waals surface area contributed by atoms with Gasteiger partial charge in [0.1, 0.15) is 17.6 Å². The van der Waals surface area contributed by atoms with Crippen molar-refractivity contribution >= 4 is 16.9 Å². The Kier molecular flexibility index (Phi) is 4.15. The van der Waals surface area contributed by atoms with Crippen LogP contribution in [0.1, 0.15) is 24.6 Å². The number of hydrogen-bond acceptors (Lipinski definition) is 5. The molecule has 1 aliphatic carbocycles. The second-order valence-electron chi connectivity index (χ2n) is 6.40. The minimum absolute atomic E-state index is 0.0489. The topological polar surface area (TPSA) is 92.9 Å². The minimum atomic E-state index is -0.286. The van der Waals surface area contributed by atoms with E-state index >= 15 is 0 Å². The lowest BCUT2D eigenvalue weighted by molar-refractivity contribution is -0.124. The highest BCUT2D eigenvalue weighted by Crippen LogP contribution is 2.37. The van der Waals surface area contributed by atoms with Crippen molar-refractivity contribution in [2.75, 3.05) is 0 Å². The lowest BCUT2D eigenvalue weighted by atomic mass is 9.76. The zero-order valence-electron chi connectivity index (χ0n) is 13.6. The van der Waals surface area contributed by atoms with E-state index in [2.05, 4.69) is 20.5 Å². The van der Waals surface area contributed by atoms with E-state index in [1.54, 1.807) is 6.20 Å². The first-order valence-electron chi connectivity index (χ1n) is 8.37. The predicted octanol–water partition coefficient (Wildman–Crippen LogP) is 1.45. The van der Waals surface area contributed by atoms with Crippen molar-refractivity contribution < 1.29 is 9.90 Å². The molecule has 1 atom stereocenters. The number of pyridine rings is 1. The summed E-state index contributed by atoms with van der Waals surface area (Å²) in [6.45, 7) is 0.0489. The fourth-order valence-corrected chi connectivity index (χ4v) is 3.22. The van der Waals surface area contributed by atoms with E-state index in [-0.39, 0.29) is 30.5 Å². The Morgan fingerprint density at radius 1 is 1.16 bits per heavy atom. The summed E-state index contributed by atoms with van der Waals surface area (Å²) in [6.07, 6.45) is 2.77. The molecule has 0 spiro atoms. The number of rotatable bonds is 5. The molecule has 0 aliphatic heterocycles. The first-order chi connectivity index (χ1) is 12.2. The highest BCUT2D eigenvalue weighted by Gasteiger charge is 2.36. The summed E-state index contributed by atoms with van der Waals surface area (Å²) in [6, 6.07) is 12.9. The molecule has 128 valence electrons. The van der Waals surface area contributed by atoms with Gasteiger partial charge in [-0.1, -0.05) is 18.2 Å². The van der Waals surface area contributed by atoms with Gasteiger partial charge < -0.3 is 10.4 Å². The predicted molar refractivity (Wildman–Crippen MR) is 91.4 cm³/mol. The number of nitrogens with one attached hydrogen (secondary N) is 1. The molecular weight excluding hydrogens is 318 g/mol. The van der Waals surface area contributed by atoms with E-state index in [1.165, 1.54) is 4.80 Å². The van der Waals surface area contributed by atoms with Crippen LogP contribution >= 0.6 is 0 Å². The third-order valence-corrected chi connectivity index (χ3v) is 4.56. The Morgan fingerprint density at radius 3 is 2.44 bits per heavy atom. The van der Waals surface area contributed by atoms with Crippen molar-refractivity contribution in [3.05, 3.63) is 54.4 Å². The van der Waals surface area contributed by atoms with Gasteiger partial charge in [-0.05, 0) is 43.0 Å². The van der Waals surface area contributed by atoms with E-state index in [0.29, 0.717) is 12.8 Å². The van der Waals surface area contributed by atoms with Crippen LogP contribution in [0.4, 0.5) is 0 Å². The quantitative estimate of drug-likeness (QED) is 0.735. The van der Waals surface area contributed by atoms with E-state index in [4.69, 9.17) is 0 Å². The maximum absolute atomic E-state index is 12.5. The standard InChI is InChI=1S/C18H19N5O2/c24-13-9-12(10-13)18(16-7-3-4-8-19-16)20-17(25)11-23-21-14-5-1-2-6-15(14)22-23/h1-8,12-13,18,24H,9-11H2,(H,20,25). The Balaban J connectivity index is 1.48. The zero-order chi connectivity index (χ0) is 17.2. The van der Waals surface area contributed by atoms with Gasteiger partial charge in [0.15, 0.2) is 0 Å². The smallest absolute Gasteiger partial charge is 0.244 e. The molecule has 0 bridgehead atoms. The van der Waals surface area contributed by atoms with Gasteiger partial charge in [-0.25, -0.2) is 0 Å². The van der Waals surface area contributed by atoms with Crippen LogP contribution in [0.15, 0.2) is 48.7 Å². The number of carbonyl (C=O) groups excluding carboxylic acids is 1. The van der Waals surface area contributed by atoms with Crippen molar-refractivity contribution in [2.45, 2.75) is 31.5 Å². The number of hydrogen-bond donors (Lipinski definition) is 2. The molecule has 2 heterocycles. The molecule has 1 fully saturated rings. The van der Waals surface area contributed by atoms with Crippen LogP contribution in [0, 0.1) is 5.92 Å². The molecule has 1 amide bonds. The fraction of sp³-hybridized carbons (Fsp3) is 0.333. The minimum Gasteiger partial charge on any atom is -0.393 e. The first-order valence-corrected chi connectivity index (χ1v) is 8.37. The van der Waals surface area contributed by atoms with Crippen LogP contribution in [-0.2, 0) is 11.3 Å². The number of nitrogens with zero attached hydrogens (tertiary/aromatic N) is 4. The Morgan fingerprint density at radius 2 is 1.84 bits per heavy atom. The van der Waals surface area contributed by atoms with Gasteiger partial charge >= 0.3 is 0 Å². The van der Waals surface area contributed by atoms with E-state index in [0.717, 1.165) is 16.7 Å². The average Bonchev–Trinajstić information content (AvgIpc) is 3.00. The van der Waals surface area contributed by atoms with Crippen LogP contribution in [0.5, 0.6) is 0 Å². The van der Waals surface area contributed by atoms with Crippen LogP contribution in [0.2, 0.25) is 0 Å².